The van der Waals surface area contributed by atoms with Crippen LogP contribution in [0.5, 0.6) is 11.5 Å². The Morgan fingerprint density at radius 1 is 1.00 bits per heavy atom. The molecule has 3 amide bonds. The van der Waals surface area contributed by atoms with Crippen LogP contribution < -0.4 is 14.8 Å². The van der Waals surface area contributed by atoms with Crippen LogP contribution in [0.4, 0.5) is 5.69 Å². The summed E-state index contributed by atoms with van der Waals surface area (Å²) < 4.78 is 10.3. The maximum Gasteiger partial charge on any atom is 0.262 e. The number of nitrogens with zero attached hydrogens (tertiary/aromatic N) is 1. The smallest absolute Gasteiger partial charge is 0.262 e. The molecule has 0 saturated heterocycles. The summed E-state index contributed by atoms with van der Waals surface area (Å²) in [6.45, 7) is -0.382. The predicted octanol–water partition coefficient (Wildman–Crippen LogP) is 1.94. The Labute approximate surface area is 144 Å². The number of amides is 3. The van der Waals surface area contributed by atoms with E-state index >= 15 is 0 Å². The van der Waals surface area contributed by atoms with Gasteiger partial charge in [-0.05, 0) is 24.3 Å². The molecule has 0 bridgehead atoms. The topological polar surface area (TPSA) is 84.9 Å². The van der Waals surface area contributed by atoms with Gasteiger partial charge in [0.05, 0.1) is 31.0 Å². The molecule has 1 N–H and O–H groups in total. The zero-order valence-electron chi connectivity index (χ0n) is 13.7. The molecule has 3 rings (SSSR count). The van der Waals surface area contributed by atoms with Crippen molar-refractivity contribution in [2.24, 2.45) is 0 Å². The van der Waals surface area contributed by atoms with Crippen LogP contribution in [-0.2, 0) is 4.79 Å². The van der Waals surface area contributed by atoms with Crippen molar-refractivity contribution in [3.63, 3.8) is 0 Å². The van der Waals surface area contributed by atoms with Gasteiger partial charge in [-0.15, -0.1) is 0 Å². The summed E-state index contributed by atoms with van der Waals surface area (Å²) in [4.78, 5) is 37.8. The first-order valence-electron chi connectivity index (χ1n) is 7.52. The van der Waals surface area contributed by atoms with E-state index in [0.717, 1.165) is 4.90 Å². The zero-order valence-corrected chi connectivity index (χ0v) is 13.7. The van der Waals surface area contributed by atoms with Gasteiger partial charge in [0.2, 0.25) is 5.91 Å². The molecule has 1 aliphatic rings. The molecule has 0 aromatic heterocycles. The standard InChI is InChI=1S/C18H16N2O5/c1-24-11-7-8-15(25-2)14(9-11)19-16(21)10-20-17(22)12-5-3-4-6-13(12)18(20)23/h3-9H,10H2,1-2H3,(H,19,21). The Hall–Kier alpha value is -3.35. The maximum atomic E-state index is 12.3. The summed E-state index contributed by atoms with van der Waals surface area (Å²) >= 11 is 0. The van der Waals surface area contributed by atoms with Crippen molar-refractivity contribution >= 4 is 23.4 Å². The van der Waals surface area contributed by atoms with E-state index in [2.05, 4.69) is 5.32 Å². The summed E-state index contributed by atoms with van der Waals surface area (Å²) in [5, 5.41) is 2.64. The van der Waals surface area contributed by atoms with Gasteiger partial charge in [-0.25, -0.2) is 0 Å². The Morgan fingerprint density at radius 3 is 2.20 bits per heavy atom. The van der Waals surface area contributed by atoms with E-state index in [1.165, 1.54) is 14.2 Å². The molecule has 7 nitrogen and oxygen atoms in total. The lowest BCUT2D eigenvalue weighted by molar-refractivity contribution is -0.116. The van der Waals surface area contributed by atoms with E-state index in [-0.39, 0.29) is 6.54 Å². The Balaban J connectivity index is 1.76. The molecular formula is C18H16N2O5. The number of nitrogens with one attached hydrogen (secondary N) is 1. The van der Waals surface area contributed by atoms with Crippen molar-refractivity contribution in [1.82, 2.24) is 4.90 Å². The van der Waals surface area contributed by atoms with Crippen molar-refractivity contribution in [1.29, 1.82) is 0 Å². The minimum absolute atomic E-state index is 0.305. The second kappa shape index (κ2) is 6.64. The molecule has 0 atom stereocenters. The molecule has 0 saturated carbocycles. The number of benzene rings is 2. The molecule has 0 spiro atoms. The summed E-state index contributed by atoms with van der Waals surface area (Å²) in [5.74, 6) is -0.490. The minimum atomic E-state index is -0.513. The lowest BCUT2D eigenvalue weighted by atomic mass is 10.1. The first-order chi connectivity index (χ1) is 12.0. The first kappa shape index (κ1) is 16.5. The molecule has 128 valence electrons. The van der Waals surface area contributed by atoms with E-state index < -0.39 is 17.7 Å². The van der Waals surface area contributed by atoms with E-state index in [1.54, 1.807) is 42.5 Å². The van der Waals surface area contributed by atoms with Gasteiger partial charge in [0.25, 0.3) is 11.8 Å². The minimum Gasteiger partial charge on any atom is -0.497 e. The molecule has 2 aromatic carbocycles. The van der Waals surface area contributed by atoms with Crippen molar-refractivity contribution < 1.29 is 23.9 Å². The molecule has 0 unspecified atom stereocenters. The molecule has 7 heteroatoms. The number of hydrogen-bond acceptors (Lipinski definition) is 5. The number of imide groups is 1. The van der Waals surface area contributed by atoms with Crippen LogP contribution in [0.1, 0.15) is 20.7 Å². The van der Waals surface area contributed by atoms with E-state index in [1.807, 2.05) is 0 Å². The van der Waals surface area contributed by atoms with Crippen LogP contribution in [0, 0.1) is 0 Å². The van der Waals surface area contributed by atoms with Crippen LogP contribution in [0.25, 0.3) is 0 Å². The lowest BCUT2D eigenvalue weighted by Crippen LogP contribution is -2.37. The lowest BCUT2D eigenvalue weighted by Gasteiger charge is -2.15. The van der Waals surface area contributed by atoms with E-state index in [0.29, 0.717) is 28.3 Å². The fourth-order valence-electron chi connectivity index (χ4n) is 2.63. The third kappa shape index (κ3) is 3.03. The highest BCUT2D eigenvalue weighted by Crippen LogP contribution is 2.29. The highest BCUT2D eigenvalue weighted by Gasteiger charge is 2.36. The average molecular weight is 340 g/mol. The molecule has 0 fully saturated rings. The predicted molar refractivity (Wildman–Crippen MR) is 90.0 cm³/mol. The van der Waals surface area contributed by atoms with Gasteiger partial charge in [0.15, 0.2) is 0 Å². The third-order valence-corrected chi connectivity index (χ3v) is 3.86. The molecule has 25 heavy (non-hydrogen) atoms. The number of anilines is 1. The van der Waals surface area contributed by atoms with Crippen LogP contribution in [0.2, 0.25) is 0 Å². The summed E-state index contributed by atoms with van der Waals surface area (Å²) in [6.07, 6.45) is 0. The van der Waals surface area contributed by atoms with Crippen LogP contribution >= 0.6 is 0 Å². The van der Waals surface area contributed by atoms with Gasteiger partial charge in [0, 0.05) is 6.07 Å². The Bertz CT molecular complexity index is 827. The molecule has 1 heterocycles. The fourth-order valence-corrected chi connectivity index (χ4v) is 2.63. The molecule has 2 aromatic rings. The number of methoxy groups -OCH3 is 2. The van der Waals surface area contributed by atoms with Gasteiger partial charge in [0.1, 0.15) is 18.0 Å². The van der Waals surface area contributed by atoms with Gasteiger partial charge >= 0.3 is 0 Å². The van der Waals surface area contributed by atoms with Crippen molar-refractivity contribution in [3.8, 4) is 11.5 Å². The summed E-state index contributed by atoms with van der Waals surface area (Å²) in [5.41, 5.74) is 1.00. The first-order valence-corrected chi connectivity index (χ1v) is 7.52. The number of rotatable bonds is 5. The second-order valence-electron chi connectivity index (χ2n) is 5.36. The molecule has 1 aliphatic heterocycles. The van der Waals surface area contributed by atoms with E-state index in [4.69, 9.17) is 9.47 Å². The SMILES string of the molecule is COc1ccc(OC)c(NC(=O)CN2C(=O)c3ccccc3C2=O)c1. The largest absolute Gasteiger partial charge is 0.497 e. The number of carbonyl (C=O) groups excluding carboxylic acids is 3. The van der Waals surface area contributed by atoms with Crippen LogP contribution in [0.3, 0.4) is 0 Å². The highest BCUT2D eigenvalue weighted by atomic mass is 16.5. The van der Waals surface area contributed by atoms with Crippen molar-refractivity contribution in [2.45, 2.75) is 0 Å². The quantitative estimate of drug-likeness (QED) is 0.841. The van der Waals surface area contributed by atoms with Crippen molar-refractivity contribution in [3.05, 3.63) is 53.6 Å². The fraction of sp³-hybridized carbons (Fsp3) is 0.167. The maximum absolute atomic E-state index is 12.3. The average Bonchev–Trinajstić information content (AvgIpc) is 2.87. The van der Waals surface area contributed by atoms with Crippen LogP contribution in [0.15, 0.2) is 42.5 Å². The monoisotopic (exact) mass is 340 g/mol. The third-order valence-electron chi connectivity index (χ3n) is 3.86. The van der Waals surface area contributed by atoms with E-state index in [9.17, 15) is 14.4 Å². The number of ether oxygens (including phenoxy) is 2. The van der Waals surface area contributed by atoms with Crippen molar-refractivity contribution in [2.75, 3.05) is 26.1 Å². The van der Waals surface area contributed by atoms with Crippen LogP contribution in [-0.4, -0.2) is 43.4 Å². The molecule has 0 aliphatic carbocycles. The second-order valence-corrected chi connectivity index (χ2v) is 5.36. The summed E-state index contributed by atoms with van der Waals surface area (Å²) in [6, 6.07) is 11.4. The highest BCUT2D eigenvalue weighted by molar-refractivity contribution is 6.22. The Morgan fingerprint density at radius 2 is 1.64 bits per heavy atom. The number of hydrogen-bond donors (Lipinski definition) is 1. The van der Waals surface area contributed by atoms with Gasteiger partial charge < -0.3 is 14.8 Å². The number of carbonyl (C=O) groups is 3. The molecule has 0 radical (unpaired) electrons. The van der Waals surface area contributed by atoms with Gasteiger partial charge in [-0.3, -0.25) is 19.3 Å². The Kier molecular flexibility index (Phi) is 4.38. The van der Waals surface area contributed by atoms with Gasteiger partial charge in [-0.1, -0.05) is 12.1 Å². The van der Waals surface area contributed by atoms with Gasteiger partial charge in [-0.2, -0.15) is 0 Å². The summed E-state index contributed by atoms with van der Waals surface area (Å²) in [7, 11) is 2.98. The normalized spacial score (nSPS) is 12.8. The molecular weight excluding hydrogens is 324 g/mol. The number of fused-ring (bicyclic) bond motifs is 1. The zero-order chi connectivity index (χ0) is 18.0.